The largest absolute Gasteiger partial charge is 0.482 e. The second-order valence-electron chi connectivity index (χ2n) is 5.08. The first-order valence-corrected chi connectivity index (χ1v) is 6.84. The number of amides is 1. The van der Waals surface area contributed by atoms with Gasteiger partial charge in [-0.3, -0.25) is 9.59 Å². The van der Waals surface area contributed by atoms with Crippen molar-refractivity contribution in [3.63, 3.8) is 0 Å². The van der Waals surface area contributed by atoms with Crippen LogP contribution in [0.15, 0.2) is 18.2 Å². The number of aliphatic carboxylic acids is 1. The molecule has 7 heteroatoms. The van der Waals surface area contributed by atoms with Crippen molar-refractivity contribution in [2.45, 2.75) is 6.92 Å². The summed E-state index contributed by atoms with van der Waals surface area (Å²) in [5.74, 6) is -2.14. The van der Waals surface area contributed by atoms with Gasteiger partial charge in [-0.05, 0) is 24.1 Å². The second kappa shape index (κ2) is 6.30. The number of carboxylic acids is 1. The van der Waals surface area contributed by atoms with E-state index < -0.39 is 17.7 Å². The number of benzene rings is 1. The molecule has 1 heterocycles. The Hall–Kier alpha value is -1.82. The van der Waals surface area contributed by atoms with E-state index in [-0.39, 0.29) is 35.7 Å². The van der Waals surface area contributed by atoms with Gasteiger partial charge in [-0.1, -0.05) is 18.5 Å². The van der Waals surface area contributed by atoms with E-state index in [2.05, 4.69) is 0 Å². The van der Waals surface area contributed by atoms with Gasteiger partial charge in [0.2, 0.25) is 0 Å². The average Bonchev–Trinajstić information content (AvgIpc) is 2.80. The highest BCUT2D eigenvalue weighted by Crippen LogP contribution is 2.26. The maximum Gasteiger partial charge on any atom is 0.308 e. The molecule has 1 aromatic rings. The van der Waals surface area contributed by atoms with Crippen LogP contribution in [0, 0.1) is 17.7 Å². The normalized spacial score (nSPS) is 21.4. The number of hydrogen-bond acceptors (Lipinski definition) is 3. The van der Waals surface area contributed by atoms with Crippen molar-refractivity contribution in [1.82, 2.24) is 4.90 Å². The van der Waals surface area contributed by atoms with Crippen molar-refractivity contribution in [3.05, 3.63) is 29.0 Å². The van der Waals surface area contributed by atoms with Crippen LogP contribution in [-0.2, 0) is 9.59 Å². The molecule has 1 amide bonds. The minimum Gasteiger partial charge on any atom is -0.482 e. The number of ether oxygens (including phenoxy) is 1. The zero-order chi connectivity index (χ0) is 15.6. The molecule has 2 atom stereocenters. The van der Waals surface area contributed by atoms with Crippen molar-refractivity contribution in [2.24, 2.45) is 11.8 Å². The fourth-order valence-corrected chi connectivity index (χ4v) is 2.54. The Kier molecular flexibility index (Phi) is 4.67. The molecule has 114 valence electrons. The molecule has 1 aliphatic rings. The van der Waals surface area contributed by atoms with E-state index in [1.807, 2.05) is 0 Å². The number of carbonyl (C=O) groups is 2. The van der Waals surface area contributed by atoms with E-state index in [4.69, 9.17) is 21.4 Å². The Morgan fingerprint density at radius 2 is 2.19 bits per heavy atom. The molecule has 1 saturated heterocycles. The molecular formula is C14H15ClFNO4. The number of carboxylic acid groups (broad SMARTS) is 1. The van der Waals surface area contributed by atoms with Gasteiger partial charge < -0.3 is 14.7 Å². The predicted molar refractivity (Wildman–Crippen MR) is 73.8 cm³/mol. The molecule has 5 nitrogen and oxygen atoms in total. The molecule has 0 saturated carbocycles. The van der Waals surface area contributed by atoms with Gasteiger partial charge in [0.25, 0.3) is 5.91 Å². The lowest BCUT2D eigenvalue weighted by Crippen LogP contribution is -2.33. The number of likely N-dealkylation sites (tertiary alicyclic amines) is 1. The van der Waals surface area contributed by atoms with Crippen LogP contribution in [0.2, 0.25) is 5.02 Å². The van der Waals surface area contributed by atoms with E-state index >= 15 is 0 Å². The Bertz CT molecular complexity index is 566. The maximum atomic E-state index is 12.9. The Balaban J connectivity index is 1.92. The van der Waals surface area contributed by atoms with Gasteiger partial charge in [-0.15, -0.1) is 0 Å². The first kappa shape index (κ1) is 15.6. The van der Waals surface area contributed by atoms with Crippen LogP contribution < -0.4 is 4.74 Å². The topological polar surface area (TPSA) is 66.8 Å². The first-order chi connectivity index (χ1) is 9.88. The van der Waals surface area contributed by atoms with Gasteiger partial charge in [-0.25, -0.2) is 4.39 Å². The highest BCUT2D eigenvalue weighted by Gasteiger charge is 2.36. The number of carbonyl (C=O) groups excluding carboxylic acids is 1. The summed E-state index contributed by atoms with van der Waals surface area (Å²) in [5.41, 5.74) is 0. The molecule has 0 aliphatic carbocycles. The summed E-state index contributed by atoms with van der Waals surface area (Å²) in [6, 6.07) is 3.63. The van der Waals surface area contributed by atoms with Crippen LogP contribution in [0.4, 0.5) is 4.39 Å². The van der Waals surface area contributed by atoms with Crippen LogP contribution in [0.5, 0.6) is 5.75 Å². The fraction of sp³-hybridized carbons (Fsp3) is 0.429. The molecule has 1 fully saturated rings. The van der Waals surface area contributed by atoms with Crippen LogP contribution in [0.25, 0.3) is 0 Å². The van der Waals surface area contributed by atoms with Gasteiger partial charge >= 0.3 is 5.97 Å². The summed E-state index contributed by atoms with van der Waals surface area (Å²) in [5, 5.41) is 9.12. The lowest BCUT2D eigenvalue weighted by Gasteiger charge is -2.16. The zero-order valence-electron chi connectivity index (χ0n) is 11.4. The van der Waals surface area contributed by atoms with Gasteiger partial charge in [0.15, 0.2) is 6.61 Å². The van der Waals surface area contributed by atoms with Gasteiger partial charge in [0, 0.05) is 13.1 Å². The Morgan fingerprint density at radius 3 is 2.76 bits per heavy atom. The second-order valence-corrected chi connectivity index (χ2v) is 5.49. The number of nitrogens with zero attached hydrogens (tertiary/aromatic N) is 1. The highest BCUT2D eigenvalue weighted by molar-refractivity contribution is 6.32. The lowest BCUT2D eigenvalue weighted by atomic mass is 9.99. The van der Waals surface area contributed by atoms with Crippen molar-refractivity contribution < 1.29 is 23.8 Å². The monoisotopic (exact) mass is 315 g/mol. The molecule has 0 radical (unpaired) electrons. The van der Waals surface area contributed by atoms with Crippen LogP contribution in [0.3, 0.4) is 0 Å². The van der Waals surface area contributed by atoms with Crippen molar-refractivity contribution in [2.75, 3.05) is 19.7 Å². The standard InChI is InChI=1S/C14H15ClFNO4/c1-8-5-17(6-10(8)14(19)20)13(18)7-21-12-3-2-9(16)4-11(12)15/h2-4,8,10H,5-7H2,1H3,(H,19,20)/t8-,10-/m1/s1. The number of halogens is 2. The predicted octanol–water partition coefficient (Wildman–Crippen LogP) is 2.04. The SMILES string of the molecule is C[C@@H]1CN(C(=O)COc2ccc(F)cc2Cl)C[C@H]1C(=O)O. The zero-order valence-corrected chi connectivity index (χ0v) is 12.1. The minimum absolute atomic E-state index is 0.0843. The Labute approximate surface area is 126 Å². The minimum atomic E-state index is -0.903. The lowest BCUT2D eigenvalue weighted by molar-refractivity contribution is -0.142. The number of hydrogen-bond donors (Lipinski definition) is 1. The third kappa shape index (κ3) is 3.64. The third-order valence-corrected chi connectivity index (χ3v) is 3.82. The molecule has 1 aromatic carbocycles. The van der Waals surface area contributed by atoms with Crippen molar-refractivity contribution in [1.29, 1.82) is 0 Å². The van der Waals surface area contributed by atoms with Crippen molar-refractivity contribution in [3.8, 4) is 5.75 Å². The molecule has 0 unspecified atom stereocenters. The van der Waals surface area contributed by atoms with E-state index in [1.54, 1.807) is 6.92 Å². The van der Waals surface area contributed by atoms with E-state index in [9.17, 15) is 14.0 Å². The summed E-state index contributed by atoms with van der Waals surface area (Å²) in [6.45, 7) is 2.10. The molecule has 1 aliphatic heterocycles. The van der Waals surface area contributed by atoms with Gasteiger partial charge in [0.05, 0.1) is 10.9 Å². The summed E-state index contributed by atoms with van der Waals surface area (Å²) in [7, 11) is 0. The summed E-state index contributed by atoms with van der Waals surface area (Å²) < 4.78 is 18.1. The van der Waals surface area contributed by atoms with E-state index in [1.165, 1.54) is 17.0 Å². The Morgan fingerprint density at radius 1 is 1.48 bits per heavy atom. The highest BCUT2D eigenvalue weighted by atomic mass is 35.5. The molecule has 1 N–H and O–H groups in total. The maximum absolute atomic E-state index is 12.9. The van der Waals surface area contributed by atoms with E-state index in [0.29, 0.717) is 6.54 Å². The quantitative estimate of drug-likeness (QED) is 0.923. The fourth-order valence-electron chi connectivity index (χ4n) is 2.31. The van der Waals surface area contributed by atoms with Gasteiger partial charge in [0.1, 0.15) is 11.6 Å². The summed E-state index contributed by atoms with van der Waals surface area (Å²) in [6.07, 6.45) is 0. The van der Waals surface area contributed by atoms with Crippen molar-refractivity contribution >= 4 is 23.5 Å². The molecule has 0 spiro atoms. The first-order valence-electron chi connectivity index (χ1n) is 6.47. The third-order valence-electron chi connectivity index (χ3n) is 3.53. The summed E-state index contributed by atoms with van der Waals surface area (Å²) in [4.78, 5) is 24.5. The van der Waals surface area contributed by atoms with Crippen LogP contribution >= 0.6 is 11.6 Å². The molecule has 21 heavy (non-hydrogen) atoms. The van der Waals surface area contributed by atoms with Crippen LogP contribution in [-0.4, -0.2) is 41.6 Å². The molecule has 0 bridgehead atoms. The van der Waals surface area contributed by atoms with Gasteiger partial charge in [-0.2, -0.15) is 0 Å². The molecule has 2 rings (SSSR count). The average molecular weight is 316 g/mol. The molecular weight excluding hydrogens is 301 g/mol. The number of rotatable bonds is 4. The summed E-state index contributed by atoms with van der Waals surface area (Å²) >= 11 is 5.79. The molecule has 0 aromatic heterocycles. The smallest absolute Gasteiger partial charge is 0.308 e. The van der Waals surface area contributed by atoms with E-state index in [0.717, 1.165) is 6.07 Å². The van der Waals surface area contributed by atoms with Crippen LogP contribution in [0.1, 0.15) is 6.92 Å².